The minimum atomic E-state index is -3.02. The van der Waals surface area contributed by atoms with Crippen molar-refractivity contribution in [1.29, 1.82) is 0 Å². The number of aliphatic hydroxyl groups is 1. The molecule has 0 fully saturated rings. The molecule has 2 heterocycles. The summed E-state index contributed by atoms with van der Waals surface area (Å²) in [4.78, 5) is 21.1. The van der Waals surface area contributed by atoms with Crippen LogP contribution in [0.5, 0.6) is 0 Å². The molecule has 0 radical (unpaired) electrons. The summed E-state index contributed by atoms with van der Waals surface area (Å²) >= 11 is 0. The van der Waals surface area contributed by atoms with Crippen LogP contribution in [-0.4, -0.2) is 30.9 Å². The fourth-order valence-corrected chi connectivity index (χ4v) is 3.60. The molecular weight excluding hydrogens is 480 g/mol. The van der Waals surface area contributed by atoms with Gasteiger partial charge in [-0.3, -0.25) is 0 Å². The Balaban J connectivity index is 1.54. The maximum absolute atomic E-state index is 13.6. The van der Waals surface area contributed by atoms with Crippen LogP contribution in [0.3, 0.4) is 0 Å². The summed E-state index contributed by atoms with van der Waals surface area (Å²) in [5.41, 5.74) is 3.40. The highest BCUT2D eigenvalue weighted by molar-refractivity contribution is 6.00. The molecule has 4 N–H and O–H groups in total. The molecule has 0 saturated heterocycles. The van der Waals surface area contributed by atoms with Crippen LogP contribution in [0.25, 0.3) is 5.82 Å². The van der Waals surface area contributed by atoms with Crippen molar-refractivity contribution in [2.45, 2.75) is 39.7 Å². The average molecular weight is 508 g/mol. The van der Waals surface area contributed by atoms with E-state index in [1.165, 1.54) is 30.6 Å². The van der Waals surface area contributed by atoms with Crippen LogP contribution in [0.1, 0.15) is 36.4 Å². The van der Waals surface area contributed by atoms with E-state index >= 15 is 0 Å². The van der Waals surface area contributed by atoms with Crippen molar-refractivity contribution >= 4 is 28.9 Å². The highest BCUT2D eigenvalue weighted by Gasteiger charge is 2.24. The molecule has 37 heavy (non-hydrogen) atoms. The van der Waals surface area contributed by atoms with E-state index in [4.69, 9.17) is 0 Å². The lowest BCUT2D eigenvalue weighted by Gasteiger charge is -2.15. The number of aromatic nitrogens is 4. The Labute approximate surface area is 212 Å². The second-order valence-corrected chi connectivity index (χ2v) is 8.51. The SMILES string of the molecule is CCc1cc(-n2nc(CO)cc2Nc2cc(NC(=O)Nc3cccc(C(C)(F)F)c3)ccc2C)ncn1. The van der Waals surface area contributed by atoms with E-state index in [9.17, 15) is 18.7 Å². The Kier molecular flexibility index (Phi) is 7.44. The van der Waals surface area contributed by atoms with Crippen LogP contribution >= 0.6 is 0 Å². The molecule has 9 nitrogen and oxygen atoms in total. The van der Waals surface area contributed by atoms with E-state index in [0.717, 1.165) is 24.6 Å². The first kappa shape index (κ1) is 25.7. The normalized spacial score (nSPS) is 11.3. The summed E-state index contributed by atoms with van der Waals surface area (Å²) in [6.45, 7) is 4.44. The number of nitrogens with one attached hydrogen (secondary N) is 3. The van der Waals surface area contributed by atoms with Crippen LogP contribution in [0, 0.1) is 6.92 Å². The summed E-state index contributed by atoms with van der Waals surface area (Å²) in [7, 11) is 0. The topological polar surface area (TPSA) is 117 Å². The molecule has 11 heteroatoms. The first-order chi connectivity index (χ1) is 17.7. The minimum Gasteiger partial charge on any atom is -0.390 e. The van der Waals surface area contributed by atoms with Crippen molar-refractivity contribution in [2.24, 2.45) is 0 Å². The summed E-state index contributed by atoms with van der Waals surface area (Å²) < 4.78 is 28.8. The minimum absolute atomic E-state index is 0.194. The van der Waals surface area contributed by atoms with Gasteiger partial charge in [-0.1, -0.05) is 25.1 Å². The van der Waals surface area contributed by atoms with Gasteiger partial charge in [0.2, 0.25) is 0 Å². The third kappa shape index (κ3) is 6.25. The second-order valence-electron chi connectivity index (χ2n) is 8.51. The first-order valence-electron chi connectivity index (χ1n) is 11.6. The van der Waals surface area contributed by atoms with E-state index < -0.39 is 12.0 Å². The molecule has 0 aliphatic carbocycles. The Morgan fingerprint density at radius 2 is 1.78 bits per heavy atom. The fraction of sp³-hybridized carbons (Fsp3) is 0.231. The molecule has 4 aromatic rings. The zero-order chi connectivity index (χ0) is 26.6. The maximum atomic E-state index is 13.6. The van der Waals surface area contributed by atoms with Gasteiger partial charge in [0.25, 0.3) is 5.92 Å². The number of anilines is 4. The van der Waals surface area contributed by atoms with Crippen molar-refractivity contribution < 1.29 is 18.7 Å². The Hall–Kier alpha value is -4.38. The van der Waals surface area contributed by atoms with Gasteiger partial charge in [0.05, 0.1) is 12.3 Å². The Bertz CT molecular complexity index is 1420. The predicted molar refractivity (Wildman–Crippen MR) is 138 cm³/mol. The van der Waals surface area contributed by atoms with E-state index in [1.54, 1.807) is 22.9 Å². The fourth-order valence-electron chi connectivity index (χ4n) is 3.60. The van der Waals surface area contributed by atoms with Crippen LogP contribution < -0.4 is 16.0 Å². The number of carbonyl (C=O) groups excluding carboxylic acids is 1. The van der Waals surface area contributed by atoms with Gasteiger partial charge in [0.1, 0.15) is 12.1 Å². The number of hydrogen-bond donors (Lipinski definition) is 4. The lowest BCUT2D eigenvalue weighted by atomic mass is 10.1. The molecule has 0 spiro atoms. The Morgan fingerprint density at radius 3 is 2.49 bits per heavy atom. The number of alkyl halides is 2. The van der Waals surface area contributed by atoms with Gasteiger partial charge in [0.15, 0.2) is 5.82 Å². The van der Waals surface area contributed by atoms with Gasteiger partial charge >= 0.3 is 6.03 Å². The first-order valence-corrected chi connectivity index (χ1v) is 11.6. The monoisotopic (exact) mass is 507 g/mol. The van der Waals surface area contributed by atoms with Crippen molar-refractivity contribution in [3.05, 3.63) is 83.4 Å². The van der Waals surface area contributed by atoms with Gasteiger partial charge in [-0.2, -0.15) is 9.78 Å². The van der Waals surface area contributed by atoms with Crippen molar-refractivity contribution in [3.8, 4) is 5.82 Å². The van der Waals surface area contributed by atoms with Gasteiger partial charge in [-0.25, -0.2) is 23.5 Å². The van der Waals surface area contributed by atoms with Crippen LogP contribution in [-0.2, 0) is 19.0 Å². The number of carbonyl (C=O) groups is 1. The zero-order valence-electron chi connectivity index (χ0n) is 20.6. The number of amides is 2. The third-order valence-electron chi connectivity index (χ3n) is 5.60. The van der Waals surface area contributed by atoms with Gasteiger partial charge in [-0.15, -0.1) is 0 Å². The quantitative estimate of drug-likeness (QED) is 0.249. The molecule has 2 aromatic heterocycles. The smallest absolute Gasteiger partial charge is 0.323 e. The molecule has 2 amide bonds. The molecule has 0 atom stereocenters. The van der Waals surface area contributed by atoms with Crippen molar-refractivity contribution in [2.75, 3.05) is 16.0 Å². The highest BCUT2D eigenvalue weighted by atomic mass is 19.3. The van der Waals surface area contributed by atoms with E-state index in [-0.39, 0.29) is 17.9 Å². The molecule has 192 valence electrons. The highest BCUT2D eigenvalue weighted by Crippen LogP contribution is 2.29. The second kappa shape index (κ2) is 10.7. The number of urea groups is 1. The van der Waals surface area contributed by atoms with E-state index in [2.05, 4.69) is 31.0 Å². The van der Waals surface area contributed by atoms with Gasteiger partial charge in [-0.05, 0) is 43.2 Å². The van der Waals surface area contributed by atoms with Crippen molar-refractivity contribution in [3.63, 3.8) is 0 Å². The summed E-state index contributed by atoms with van der Waals surface area (Å²) in [6, 6.07) is 13.8. The van der Waals surface area contributed by atoms with Gasteiger partial charge in [0, 0.05) is 47.4 Å². The number of halogens is 2. The standard InChI is InChI=1S/C26H27F2N7O2/c1-4-18-12-23(30-15-29-18)35-24(13-21(14-36)34-35)33-22-11-20(9-8-16(22)2)32-25(37)31-19-7-5-6-17(10-19)26(3,27)28/h5-13,15,33,36H,4,14H2,1-3H3,(H2,31,32,37). The lowest BCUT2D eigenvalue weighted by molar-refractivity contribution is 0.0175. The predicted octanol–water partition coefficient (Wildman–Crippen LogP) is 5.52. The van der Waals surface area contributed by atoms with Crippen LogP contribution in [0.4, 0.5) is 36.5 Å². The number of rotatable bonds is 8. The largest absolute Gasteiger partial charge is 0.390 e. The number of benzene rings is 2. The number of aliphatic hydroxyl groups excluding tert-OH is 1. The van der Waals surface area contributed by atoms with E-state index in [0.29, 0.717) is 28.7 Å². The van der Waals surface area contributed by atoms with Gasteiger partial charge < -0.3 is 21.1 Å². The summed E-state index contributed by atoms with van der Waals surface area (Å²) in [5.74, 6) is -1.91. The lowest BCUT2D eigenvalue weighted by Crippen LogP contribution is -2.20. The third-order valence-corrected chi connectivity index (χ3v) is 5.60. The number of nitrogens with zero attached hydrogens (tertiary/aromatic N) is 4. The average Bonchev–Trinajstić information content (AvgIpc) is 3.28. The number of aryl methyl sites for hydroxylation is 2. The van der Waals surface area contributed by atoms with Crippen LogP contribution in [0.15, 0.2) is 60.9 Å². The van der Waals surface area contributed by atoms with E-state index in [1.807, 2.05) is 26.0 Å². The molecule has 4 rings (SSSR count). The molecule has 0 bridgehead atoms. The maximum Gasteiger partial charge on any atom is 0.323 e. The summed E-state index contributed by atoms with van der Waals surface area (Å²) in [5, 5.41) is 22.7. The molecule has 0 unspecified atom stereocenters. The molecule has 0 saturated carbocycles. The summed E-state index contributed by atoms with van der Waals surface area (Å²) in [6.07, 6.45) is 2.19. The molecule has 2 aromatic carbocycles. The van der Waals surface area contributed by atoms with Crippen LogP contribution in [0.2, 0.25) is 0 Å². The Morgan fingerprint density at radius 1 is 1.03 bits per heavy atom. The molecular formula is C26H27F2N7O2. The number of hydrogen-bond acceptors (Lipinski definition) is 6. The molecule has 0 aliphatic rings. The molecule has 0 aliphatic heterocycles. The van der Waals surface area contributed by atoms with Crippen molar-refractivity contribution in [1.82, 2.24) is 19.7 Å². The zero-order valence-corrected chi connectivity index (χ0v) is 20.6.